The molecule has 27 heavy (non-hydrogen) atoms. The van der Waals surface area contributed by atoms with Crippen LogP contribution in [0.25, 0.3) is 0 Å². The highest BCUT2D eigenvalue weighted by atomic mass is 35.5. The van der Waals surface area contributed by atoms with Gasteiger partial charge in [-0.1, -0.05) is 35.9 Å². The average molecular weight is 409 g/mol. The molecule has 0 bridgehead atoms. The highest BCUT2D eigenvalue weighted by Crippen LogP contribution is 2.17. The van der Waals surface area contributed by atoms with Crippen LogP contribution in [0.3, 0.4) is 0 Å². The molecule has 144 valence electrons. The van der Waals surface area contributed by atoms with Crippen LogP contribution >= 0.6 is 11.6 Å². The lowest BCUT2D eigenvalue weighted by molar-refractivity contribution is -0.121. The molecule has 2 aromatic carbocycles. The van der Waals surface area contributed by atoms with E-state index < -0.39 is 10.0 Å². The van der Waals surface area contributed by atoms with Crippen LogP contribution in [0.1, 0.15) is 42.2 Å². The Morgan fingerprint density at radius 3 is 2.37 bits per heavy atom. The Hall–Kier alpha value is -2.22. The Bertz CT molecular complexity index is 927. The van der Waals surface area contributed by atoms with Crippen LogP contribution in [0.2, 0.25) is 5.02 Å². The lowest BCUT2D eigenvalue weighted by atomic mass is 10.1. The molecule has 1 unspecified atom stereocenters. The molecule has 2 rings (SSSR count). The van der Waals surface area contributed by atoms with Crippen LogP contribution in [0, 0.1) is 0 Å². The molecule has 0 saturated heterocycles. The standard InChI is InChI=1S/C19H21ClN2O4S/c1-13(16-4-3-5-17(20)12-16)22-19(24)10-11-21-27(25,26)18-8-6-15(7-9-18)14(2)23/h3-9,12-13,21H,10-11H2,1-2H3,(H,22,24). The third-order valence-corrected chi connectivity index (χ3v) is 5.65. The summed E-state index contributed by atoms with van der Waals surface area (Å²) in [5, 5.41) is 3.38. The number of carbonyl (C=O) groups is 2. The quantitative estimate of drug-likeness (QED) is 0.656. The van der Waals surface area contributed by atoms with Crippen molar-refractivity contribution in [3.05, 3.63) is 64.7 Å². The van der Waals surface area contributed by atoms with Crippen molar-refractivity contribution < 1.29 is 18.0 Å². The maximum atomic E-state index is 12.2. The minimum absolute atomic E-state index is 0.00430. The van der Waals surface area contributed by atoms with E-state index in [1.165, 1.54) is 31.2 Å². The first-order valence-electron chi connectivity index (χ1n) is 8.34. The number of hydrogen-bond donors (Lipinski definition) is 2. The SMILES string of the molecule is CC(=O)c1ccc(S(=O)(=O)NCCC(=O)NC(C)c2cccc(Cl)c2)cc1. The largest absolute Gasteiger partial charge is 0.350 e. The Labute approximate surface area is 164 Å². The van der Waals surface area contributed by atoms with E-state index in [0.717, 1.165) is 5.56 Å². The van der Waals surface area contributed by atoms with E-state index in [9.17, 15) is 18.0 Å². The molecule has 0 radical (unpaired) electrons. The maximum Gasteiger partial charge on any atom is 0.240 e. The predicted octanol–water partition coefficient (Wildman–Crippen LogP) is 3.09. The zero-order valence-electron chi connectivity index (χ0n) is 15.0. The fraction of sp³-hybridized carbons (Fsp3) is 0.263. The van der Waals surface area contributed by atoms with E-state index in [-0.39, 0.29) is 35.6 Å². The van der Waals surface area contributed by atoms with Gasteiger partial charge in [-0.05, 0) is 43.7 Å². The number of rotatable bonds is 8. The molecule has 8 heteroatoms. The number of hydrogen-bond acceptors (Lipinski definition) is 4. The van der Waals surface area contributed by atoms with Crippen LogP contribution < -0.4 is 10.0 Å². The summed E-state index contributed by atoms with van der Waals surface area (Å²) in [5.74, 6) is -0.422. The van der Waals surface area contributed by atoms with Crippen molar-refractivity contribution in [2.75, 3.05) is 6.54 Å². The molecule has 0 aliphatic heterocycles. The van der Waals surface area contributed by atoms with Gasteiger partial charge in [0.05, 0.1) is 10.9 Å². The fourth-order valence-electron chi connectivity index (χ4n) is 2.42. The zero-order chi connectivity index (χ0) is 20.0. The molecule has 0 saturated carbocycles. The normalized spacial score (nSPS) is 12.4. The Kier molecular flexibility index (Phi) is 7.12. The summed E-state index contributed by atoms with van der Waals surface area (Å²) in [5.41, 5.74) is 1.30. The van der Waals surface area contributed by atoms with Crippen LogP contribution in [-0.4, -0.2) is 26.7 Å². The van der Waals surface area contributed by atoms with E-state index in [4.69, 9.17) is 11.6 Å². The van der Waals surface area contributed by atoms with Gasteiger partial charge in [0.25, 0.3) is 0 Å². The van der Waals surface area contributed by atoms with Gasteiger partial charge in [0.2, 0.25) is 15.9 Å². The molecule has 2 aromatic rings. The number of ketones is 1. The summed E-state index contributed by atoms with van der Waals surface area (Å²) < 4.78 is 26.8. The van der Waals surface area contributed by atoms with Crippen molar-refractivity contribution in [3.63, 3.8) is 0 Å². The van der Waals surface area contributed by atoms with Crippen molar-refractivity contribution in [1.82, 2.24) is 10.0 Å². The first-order valence-corrected chi connectivity index (χ1v) is 10.2. The van der Waals surface area contributed by atoms with Gasteiger partial charge in [0.1, 0.15) is 0 Å². The first-order chi connectivity index (χ1) is 12.7. The summed E-state index contributed by atoms with van der Waals surface area (Å²) in [7, 11) is -3.74. The molecule has 0 aromatic heterocycles. The zero-order valence-corrected chi connectivity index (χ0v) is 16.6. The average Bonchev–Trinajstić information content (AvgIpc) is 2.61. The number of halogens is 1. The molecule has 0 aliphatic carbocycles. The van der Waals surface area contributed by atoms with Gasteiger partial charge >= 0.3 is 0 Å². The highest BCUT2D eigenvalue weighted by Gasteiger charge is 2.15. The predicted molar refractivity (Wildman–Crippen MR) is 104 cm³/mol. The van der Waals surface area contributed by atoms with Crippen molar-refractivity contribution in [3.8, 4) is 0 Å². The Balaban J connectivity index is 1.87. The minimum atomic E-state index is -3.74. The number of sulfonamides is 1. The van der Waals surface area contributed by atoms with Gasteiger partial charge in [-0.25, -0.2) is 13.1 Å². The van der Waals surface area contributed by atoms with Crippen molar-refractivity contribution >= 4 is 33.3 Å². The summed E-state index contributed by atoms with van der Waals surface area (Å²) in [6, 6.07) is 12.5. The van der Waals surface area contributed by atoms with E-state index >= 15 is 0 Å². The van der Waals surface area contributed by atoms with Crippen molar-refractivity contribution in [1.29, 1.82) is 0 Å². The third kappa shape index (κ3) is 6.16. The molecule has 0 aliphatic rings. The summed E-state index contributed by atoms with van der Waals surface area (Å²) in [4.78, 5) is 23.3. The molecule has 6 nitrogen and oxygen atoms in total. The topological polar surface area (TPSA) is 92.3 Å². The number of Topliss-reactive ketones (excluding diaryl/α,β-unsaturated/α-hetero) is 1. The lowest BCUT2D eigenvalue weighted by Crippen LogP contribution is -2.32. The van der Waals surface area contributed by atoms with Gasteiger partial charge in [-0.3, -0.25) is 9.59 Å². The van der Waals surface area contributed by atoms with Crippen LogP contribution in [0.5, 0.6) is 0 Å². The first kappa shape index (κ1) is 21.1. The molecule has 2 N–H and O–H groups in total. The van der Waals surface area contributed by atoms with Crippen molar-refractivity contribution in [2.45, 2.75) is 31.2 Å². The van der Waals surface area contributed by atoms with Crippen molar-refractivity contribution in [2.24, 2.45) is 0 Å². The van der Waals surface area contributed by atoms with E-state index in [0.29, 0.717) is 10.6 Å². The Morgan fingerprint density at radius 2 is 1.78 bits per heavy atom. The highest BCUT2D eigenvalue weighted by molar-refractivity contribution is 7.89. The van der Waals surface area contributed by atoms with Crippen LogP contribution in [0.15, 0.2) is 53.4 Å². The molecular formula is C19H21ClN2O4S. The molecule has 1 amide bonds. The molecule has 0 spiro atoms. The van der Waals surface area contributed by atoms with Gasteiger partial charge < -0.3 is 5.32 Å². The van der Waals surface area contributed by atoms with Gasteiger partial charge in [0, 0.05) is 23.6 Å². The van der Waals surface area contributed by atoms with Gasteiger partial charge in [-0.15, -0.1) is 0 Å². The molecule has 0 heterocycles. The molecule has 0 fully saturated rings. The Morgan fingerprint density at radius 1 is 1.11 bits per heavy atom. The maximum absolute atomic E-state index is 12.2. The summed E-state index contributed by atoms with van der Waals surface area (Å²) >= 11 is 5.94. The van der Waals surface area contributed by atoms with E-state index in [1.54, 1.807) is 18.2 Å². The van der Waals surface area contributed by atoms with Gasteiger partial charge in [-0.2, -0.15) is 0 Å². The number of nitrogens with one attached hydrogen (secondary N) is 2. The summed E-state index contributed by atoms with van der Waals surface area (Å²) in [6.45, 7) is 3.19. The third-order valence-electron chi connectivity index (χ3n) is 3.94. The van der Waals surface area contributed by atoms with Crippen LogP contribution in [-0.2, 0) is 14.8 Å². The van der Waals surface area contributed by atoms with E-state index in [1.807, 2.05) is 13.0 Å². The lowest BCUT2D eigenvalue weighted by Gasteiger charge is -2.15. The molecule has 1 atom stereocenters. The molecular weight excluding hydrogens is 388 g/mol. The van der Waals surface area contributed by atoms with E-state index in [2.05, 4.69) is 10.0 Å². The second-order valence-corrected chi connectivity index (χ2v) is 8.28. The monoisotopic (exact) mass is 408 g/mol. The second kappa shape index (κ2) is 9.12. The number of carbonyl (C=O) groups excluding carboxylic acids is 2. The minimum Gasteiger partial charge on any atom is -0.350 e. The fourth-order valence-corrected chi connectivity index (χ4v) is 3.65. The van der Waals surface area contributed by atoms with Crippen LogP contribution in [0.4, 0.5) is 0 Å². The summed E-state index contributed by atoms with van der Waals surface area (Å²) in [6.07, 6.45) is -0.00430. The number of benzene rings is 2. The smallest absolute Gasteiger partial charge is 0.240 e. The number of amides is 1. The second-order valence-electron chi connectivity index (χ2n) is 6.07. The van der Waals surface area contributed by atoms with Gasteiger partial charge in [0.15, 0.2) is 5.78 Å².